The van der Waals surface area contributed by atoms with E-state index >= 15 is 0 Å². The lowest BCUT2D eigenvalue weighted by molar-refractivity contribution is 0.169. The number of methoxy groups -OCH3 is 1. The molecule has 0 bridgehead atoms. The first-order chi connectivity index (χ1) is 11.1. The van der Waals surface area contributed by atoms with E-state index in [0.29, 0.717) is 6.54 Å². The van der Waals surface area contributed by atoms with Crippen molar-refractivity contribution >= 4 is 0 Å². The van der Waals surface area contributed by atoms with Crippen molar-refractivity contribution in [2.75, 3.05) is 34.3 Å². The number of nitrogens with zero attached hydrogens (tertiary/aromatic N) is 1. The Morgan fingerprint density at radius 3 is 2.17 bits per heavy atom. The Kier molecular flexibility index (Phi) is 6.59. The normalized spacial score (nSPS) is 13.8. The van der Waals surface area contributed by atoms with Gasteiger partial charge in [-0.15, -0.1) is 0 Å². The van der Waals surface area contributed by atoms with Crippen LogP contribution >= 0.6 is 0 Å². The van der Waals surface area contributed by atoms with Crippen molar-refractivity contribution in [3.63, 3.8) is 0 Å². The quantitative estimate of drug-likeness (QED) is 0.786. The standard InChI is InChI=1S/C19H26N2O2/c1-21(2)18(15-9-11-17(23-3)12-10-15)13-20-14-19(22)16-7-5-4-6-8-16/h4-12,18-20,22H,13-14H2,1-3H3/t18-,19-/m1/s1. The van der Waals surface area contributed by atoms with Crippen molar-refractivity contribution in [2.24, 2.45) is 0 Å². The summed E-state index contributed by atoms with van der Waals surface area (Å²) in [6.07, 6.45) is -0.491. The molecule has 0 aromatic heterocycles. The van der Waals surface area contributed by atoms with Crippen LogP contribution in [-0.4, -0.2) is 44.3 Å². The maximum atomic E-state index is 10.2. The molecule has 4 nitrogen and oxygen atoms in total. The fourth-order valence-corrected chi connectivity index (χ4v) is 2.57. The van der Waals surface area contributed by atoms with Crippen molar-refractivity contribution < 1.29 is 9.84 Å². The molecule has 4 heteroatoms. The number of hydrogen-bond donors (Lipinski definition) is 2. The van der Waals surface area contributed by atoms with Gasteiger partial charge in [0.2, 0.25) is 0 Å². The molecule has 0 fully saturated rings. The maximum absolute atomic E-state index is 10.2. The van der Waals surface area contributed by atoms with E-state index in [4.69, 9.17) is 4.74 Å². The monoisotopic (exact) mass is 314 g/mol. The minimum Gasteiger partial charge on any atom is -0.497 e. The fourth-order valence-electron chi connectivity index (χ4n) is 2.57. The predicted molar refractivity (Wildman–Crippen MR) is 93.7 cm³/mol. The molecule has 2 aromatic rings. The number of nitrogens with one attached hydrogen (secondary N) is 1. The number of aliphatic hydroxyl groups is 1. The highest BCUT2D eigenvalue weighted by Gasteiger charge is 2.15. The summed E-state index contributed by atoms with van der Waals surface area (Å²) in [5.41, 5.74) is 2.16. The minimum atomic E-state index is -0.491. The van der Waals surface area contributed by atoms with E-state index in [1.807, 2.05) is 42.5 Å². The van der Waals surface area contributed by atoms with E-state index < -0.39 is 6.10 Å². The Bertz CT molecular complexity index is 570. The van der Waals surface area contributed by atoms with Crippen molar-refractivity contribution in [1.29, 1.82) is 0 Å². The van der Waals surface area contributed by atoms with Gasteiger partial charge in [-0.1, -0.05) is 42.5 Å². The Labute approximate surface area is 138 Å². The molecule has 0 aliphatic heterocycles. The second-order valence-electron chi connectivity index (χ2n) is 5.84. The molecule has 2 rings (SSSR count). The molecule has 0 unspecified atom stereocenters. The highest BCUT2D eigenvalue weighted by atomic mass is 16.5. The Balaban J connectivity index is 1.92. The van der Waals surface area contributed by atoms with Crippen LogP contribution in [0.1, 0.15) is 23.3 Å². The first kappa shape index (κ1) is 17.5. The van der Waals surface area contributed by atoms with Crippen LogP contribution in [0.4, 0.5) is 0 Å². The molecule has 0 amide bonds. The highest BCUT2D eigenvalue weighted by Crippen LogP contribution is 2.21. The van der Waals surface area contributed by atoms with Crippen molar-refractivity contribution in [1.82, 2.24) is 10.2 Å². The SMILES string of the molecule is COc1ccc([C@@H](CNC[C@@H](O)c2ccccc2)N(C)C)cc1. The number of aliphatic hydroxyl groups excluding tert-OH is 1. The third-order valence-electron chi connectivity index (χ3n) is 3.98. The van der Waals surface area contributed by atoms with Crippen LogP contribution in [0.25, 0.3) is 0 Å². The van der Waals surface area contributed by atoms with Gasteiger partial charge in [0.25, 0.3) is 0 Å². The van der Waals surface area contributed by atoms with Gasteiger partial charge in [0.15, 0.2) is 0 Å². The molecule has 0 saturated carbocycles. The lowest BCUT2D eigenvalue weighted by Gasteiger charge is -2.26. The molecule has 0 spiro atoms. The number of rotatable bonds is 8. The molecule has 0 radical (unpaired) electrons. The Morgan fingerprint density at radius 1 is 0.957 bits per heavy atom. The molecule has 2 atom stereocenters. The summed E-state index contributed by atoms with van der Waals surface area (Å²) in [6, 6.07) is 18.1. The van der Waals surface area contributed by atoms with Crippen molar-refractivity contribution in [3.8, 4) is 5.75 Å². The van der Waals surface area contributed by atoms with Gasteiger partial charge < -0.3 is 20.1 Å². The highest BCUT2D eigenvalue weighted by molar-refractivity contribution is 5.29. The average Bonchev–Trinajstić information content (AvgIpc) is 2.59. The second kappa shape index (κ2) is 8.67. The van der Waals surface area contributed by atoms with Crippen molar-refractivity contribution in [3.05, 3.63) is 65.7 Å². The first-order valence-corrected chi connectivity index (χ1v) is 7.86. The maximum Gasteiger partial charge on any atom is 0.118 e. The van der Waals surface area contributed by atoms with E-state index in [-0.39, 0.29) is 6.04 Å². The topological polar surface area (TPSA) is 44.7 Å². The molecule has 0 saturated heterocycles. The van der Waals surface area contributed by atoms with Crippen molar-refractivity contribution in [2.45, 2.75) is 12.1 Å². The van der Waals surface area contributed by atoms with Crippen LogP contribution in [0.15, 0.2) is 54.6 Å². The summed E-state index contributed by atoms with van der Waals surface area (Å²) in [5.74, 6) is 0.860. The molecule has 124 valence electrons. The van der Waals surface area contributed by atoms with E-state index in [1.54, 1.807) is 7.11 Å². The van der Waals surface area contributed by atoms with Gasteiger partial charge in [-0.05, 0) is 37.4 Å². The zero-order chi connectivity index (χ0) is 16.7. The molecule has 0 aliphatic rings. The van der Waals surface area contributed by atoms with Gasteiger partial charge >= 0.3 is 0 Å². The lowest BCUT2D eigenvalue weighted by atomic mass is 10.1. The first-order valence-electron chi connectivity index (χ1n) is 7.86. The van der Waals surface area contributed by atoms with Crippen LogP contribution in [0.2, 0.25) is 0 Å². The second-order valence-corrected chi connectivity index (χ2v) is 5.84. The summed E-state index contributed by atoms with van der Waals surface area (Å²) in [5, 5.41) is 13.6. The van der Waals surface area contributed by atoms with Gasteiger partial charge in [-0.25, -0.2) is 0 Å². The Hall–Kier alpha value is -1.88. The summed E-state index contributed by atoms with van der Waals surface area (Å²) in [4.78, 5) is 2.17. The predicted octanol–water partition coefficient (Wildman–Crippen LogP) is 2.62. The van der Waals surface area contributed by atoms with E-state index in [9.17, 15) is 5.11 Å². The van der Waals surface area contributed by atoms with E-state index in [0.717, 1.165) is 17.9 Å². The minimum absolute atomic E-state index is 0.240. The van der Waals surface area contributed by atoms with E-state index in [1.165, 1.54) is 5.56 Å². The summed E-state index contributed by atoms with van der Waals surface area (Å²) in [7, 11) is 5.79. The van der Waals surface area contributed by atoms with Gasteiger partial charge in [0, 0.05) is 19.1 Å². The molecular weight excluding hydrogens is 288 g/mol. The fraction of sp³-hybridized carbons (Fsp3) is 0.368. The molecule has 0 heterocycles. The van der Waals surface area contributed by atoms with Crippen LogP contribution in [0.3, 0.4) is 0 Å². The van der Waals surface area contributed by atoms with Crippen LogP contribution in [0.5, 0.6) is 5.75 Å². The molecule has 23 heavy (non-hydrogen) atoms. The van der Waals surface area contributed by atoms with Crippen LogP contribution in [0, 0.1) is 0 Å². The van der Waals surface area contributed by atoms with Gasteiger partial charge in [0.1, 0.15) is 5.75 Å². The number of benzene rings is 2. The van der Waals surface area contributed by atoms with Gasteiger partial charge in [-0.3, -0.25) is 0 Å². The molecular formula is C19H26N2O2. The van der Waals surface area contributed by atoms with Crippen LogP contribution in [-0.2, 0) is 0 Å². The molecule has 0 aliphatic carbocycles. The third kappa shape index (κ3) is 5.06. The number of hydrogen-bond acceptors (Lipinski definition) is 4. The lowest BCUT2D eigenvalue weighted by Crippen LogP contribution is -2.33. The summed E-state index contributed by atoms with van der Waals surface area (Å²) < 4.78 is 5.21. The number of ether oxygens (including phenoxy) is 1. The summed E-state index contributed by atoms with van der Waals surface area (Å²) in [6.45, 7) is 1.30. The Morgan fingerprint density at radius 2 is 1.61 bits per heavy atom. The van der Waals surface area contributed by atoms with Crippen LogP contribution < -0.4 is 10.1 Å². The average molecular weight is 314 g/mol. The summed E-state index contributed by atoms with van der Waals surface area (Å²) >= 11 is 0. The molecule has 2 N–H and O–H groups in total. The zero-order valence-electron chi connectivity index (χ0n) is 14.1. The molecule has 2 aromatic carbocycles. The third-order valence-corrected chi connectivity index (χ3v) is 3.98. The smallest absolute Gasteiger partial charge is 0.118 e. The van der Waals surface area contributed by atoms with Gasteiger partial charge in [-0.2, -0.15) is 0 Å². The largest absolute Gasteiger partial charge is 0.497 e. The van der Waals surface area contributed by atoms with E-state index in [2.05, 4.69) is 36.4 Å². The van der Waals surface area contributed by atoms with Gasteiger partial charge in [0.05, 0.1) is 13.2 Å². The number of likely N-dealkylation sites (N-methyl/N-ethyl adjacent to an activating group) is 1. The zero-order valence-corrected chi connectivity index (χ0v) is 14.1.